The average Bonchev–Trinajstić information content (AvgIpc) is 3.05. The van der Waals surface area contributed by atoms with Gasteiger partial charge in [-0.15, -0.1) is 12.4 Å². The van der Waals surface area contributed by atoms with Gasteiger partial charge in [-0.1, -0.05) is 0 Å². The van der Waals surface area contributed by atoms with Gasteiger partial charge in [0.1, 0.15) is 23.0 Å². The number of H-pyrrole nitrogens is 1. The second-order valence-corrected chi connectivity index (χ2v) is 5.37. The maximum absolute atomic E-state index is 14.6. The van der Waals surface area contributed by atoms with Crippen LogP contribution in [0.5, 0.6) is 0 Å². The Morgan fingerprint density at radius 1 is 1.43 bits per heavy atom. The van der Waals surface area contributed by atoms with E-state index in [1.807, 2.05) is 13.0 Å². The predicted molar refractivity (Wildman–Crippen MR) is 89.2 cm³/mol. The second kappa shape index (κ2) is 6.97. The van der Waals surface area contributed by atoms with Crippen molar-refractivity contribution in [1.82, 2.24) is 15.0 Å². The first-order chi connectivity index (χ1) is 10.5. The van der Waals surface area contributed by atoms with Crippen LogP contribution in [0.15, 0.2) is 22.8 Å². The van der Waals surface area contributed by atoms with Crippen LogP contribution in [0.3, 0.4) is 0 Å². The van der Waals surface area contributed by atoms with Gasteiger partial charge in [-0.05, 0) is 26.0 Å². The van der Waals surface area contributed by atoms with E-state index in [1.54, 1.807) is 19.3 Å². The van der Waals surface area contributed by atoms with Gasteiger partial charge in [0.15, 0.2) is 5.82 Å². The maximum atomic E-state index is 14.6. The van der Waals surface area contributed by atoms with Crippen LogP contribution in [0.4, 0.5) is 10.2 Å². The fourth-order valence-corrected chi connectivity index (χ4v) is 2.39. The molecule has 8 heteroatoms. The van der Waals surface area contributed by atoms with Crippen molar-refractivity contribution in [3.63, 3.8) is 0 Å². The van der Waals surface area contributed by atoms with Gasteiger partial charge in [0.05, 0.1) is 23.9 Å². The van der Waals surface area contributed by atoms with Crippen LogP contribution in [0, 0.1) is 12.7 Å². The molecule has 4 N–H and O–H groups in total. The normalized spacial score (nSPS) is 12.2. The number of aromatic amines is 1. The molecule has 0 aliphatic carbocycles. The molecule has 3 heterocycles. The molecule has 0 saturated heterocycles. The molecule has 0 radical (unpaired) electrons. The second-order valence-electron chi connectivity index (χ2n) is 5.37. The highest BCUT2D eigenvalue weighted by molar-refractivity contribution is 5.88. The number of nitrogens with two attached hydrogens (primary N) is 1. The number of hydrogen-bond acceptors (Lipinski definition) is 5. The van der Waals surface area contributed by atoms with E-state index in [-0.39, 0.29) is 24.3 Å². The number of aromatic nitrogens is 3. The van der Waals surface area contributed by atoms with Gasteiger partial charge in [0.25, 0.3) is 0 Å². The number of aryl methyl sites for hydroxylation is 1. The summed E-state index contributed by atoms with van der Waals surface area (Å²) in [5.41, 5.74) is 6.68. The van der Waals surface area contributed by atoms with Crippen LogP contribution >= 0.6 is 12.4 Å². The van der Waals surface area contributed by atoms with Crippen molar-refractivity contribution in [1.29, 1.82) is 0 Å². The highest BCUT2D eigenvalue weighted by Gasteiger charge is 2.18. The minimum atomic E-state index is -0.353. The Hall–Kier alpha value is -2.12. The Labute approximate surface area is 139 Å². The lowest BCUT2D eigenvalue weighted by molar-refractivity contribution is 0.518. The van der Waals surface area contributed by atoms with Crippen LogP contribution in [0.25, 0.3) is 11.0 Å². The molecule has 0 fully saturated rings. The monoisotopic (exact) mass is 339 g/mol. The van der Waals surface area contributed by atoms with Crippen LogP contribution in [0.1, 0.15) is 24.2 Å². The first-order valence-corrected chi connectivity index (χ1v) is 7.11. The summed E-state index contributed by atoms with van der Waals surface area (Å²) < 4.78 is 19.9. The lowest BCUT2D eigenvalue weighted by Gasteiger charge is -2.06. The van der Waals surface area contributed by atoms with Gasteiger partial charge in [-0.2, -0.15) is 0 Å². The summed E-state index contributed by atoms with van der Waals surface area (Å²) in [6.45, 7) is 4.02. The van der Waals surface area contributed by atoms with Crippen molar-refractivity contribution in [2.75, 3.05) is 5.32 Å². The molecule has 0 aliphatic rings. The van der Waals surface area contributed by atoms with E-state index < -0.39 is 0 Å². The van der Waals surface area contributed by atoms with Gasteiger partial charge >= 0.3 is 0 Å². The quantitative estimate of drug-likeness (QED) is 0.664. The van der Waals surface area contributed by atoms with Crippen molar-refractivity contribution >= 4 is 29.3 Å². The summed E-state index contributed by atoms with van der Waals surface area (Å²) >= 11 is 0. The van der Waals surface area contributed by atoms with E-state index in [1.165, 1.54) is 0 Å². The number of nitrogens with zero attached hydrogens (tertiary/aromatic N) is 2. The maximum Gasteiger partial charge on any atom is 0.157 e. The number of hydrogen-bond donors (Lipinski definition) is 3. The van der Waals surface area contributed by atoms with Gasteiger partial charge in [-0.3, -0.25) is 0 Å². The highest BCUT2D eigenvalue weighted by atomic mass is 35.5. The van der Waals surface area contributed by atoms with Crippen molar-refractivity contribution in [2.45, 2.75) is 32.9 Å². The number of furan rings is 1. The van der Waals surface area contributed by atoms with Gasteiger partial charge in [-0.25, -0.2) is 14.4 Å². The predicted octanol–water partition coefficient (Wildman–Crippen LogP) is 2.92. The number of rotatable bonds is 5. The molecule has 0 saturated carbocycles. The Balaban J connectivity index is 0.00000192. The smallest absolute Gasteiger partial charge is 0.157 e. The Bertz CT molecular complexity index is 785. The third kappa shape index (κ3) is 3.62. The average molecular weight is 340 g/mol. The SMILES string of the molecule is Cc1nc(NCc2ccco2)c2c(F)c(CC(C)N)[nH]c2n1.Cl. The molecular formula is C15H19ClFN5O. The number of anilines is 1. The van der Waals surface area contributed by atoms with Crippen molar-refractivity contribution < 1.29 is 8.81 Å². The molecule has 0 bridgehead atoms. The van der Waals surface area contributed by atoms with Crippen LogP contribution in [-0.4, -0.2) is 21.0 Å². The molecule has 6 nitrogen and oxygen atoms in total. The summed E-state index contributed by atoms with van der Waals surface area (Å²) in [4.78, 5) is 11.6. The Kier molecular flexibility index (Phi) is 5.23. The molecule has 124 valence electrons. The fourth-order valence-electron chi connectivity index (χ4n) is 2.39. The van der Waals surface area contributed by atoms with E-state index >= 15 is 0 Å². The molecule has 3 aromatic heterocycles. The van der Waals surface area contributed by atoms with Gasteiger partial charge in [0.2, 0.25) is 0 Å². The first kappa shape index (κ1) is 17.2. The lowest BCUT2D eigenvalue weighted by Crippen LogP contribution is -2.18. The van der Waals surface area contributed by atoms with Crippen LogP contribution < -0.4 is 11.1 Å². The first-order valence-electron chi connectivity index (χ1n) is 7.11. The van der Waals surface area contributed by atoms with Crippen molar-refractivity contribution in [3.05, 3.63) is 41.5 Å². The molecule has 0 spiro atoms. The van der Waals surface area contributed by atoms with E-state index in [4.69, 9.17) is 10.2 Å². The summed E-state index contributed by atoms with van der Waals surface area (Å²) in [6, 6.07) is 3.50. The molecule has 1 unspecified atom stereocenters. The third-order valence-corrected chi connectivity index (χ3v) is 3.31. The molecule has 1 atom stereocenters. The Morgan fingerprint density at radius 2 is 2.22 bits per heavy atom. The zero-order chi connectivity index (χ0) is 15.7. The van der Waals surface area contributed by atoms with Gasteiger partial charge < -0.3 is 20.5 Å². The minimum absolute atomic E-state index is 0. The summed E-state index contributed by atoms with van der Waals surface area (Å²) in [5, 5.41) is 3.46. The van der Waals surface area contributed by atoms with Crippen LogP contribution in [-0.2, 0) is 13.0 Å². The zero-order valence-electron chi connectivity index (χ0n) is 12.9. The van der Waals surface area contributed by atoms with E-state index in [0.717, 1.165) is 5.76 Å². The van der Waals surface area contributed by atoms with E-state index in [0.29, 0.717) is 41.3 Å². The van der Waals surface area contributed by atoms with E-state index in [2.05, 4.69) is 20.3 Å². The third-order valence-electron chi connectivity index (χ3n) is 3.31. The van der Waals surface area contributed by atoms with E-state index in [9.17, 15) is 4.39 Å². The van der Waals surface area contributed by atoms with Crippen LogP contribution in [0.2, 0.25) is 0 Å². The molecule has 23 heavy (non-hydrogen) atoms. The van der Waals surface area contributed by atoms with Crippen molar-refractivity contribution in [3.8, 4) is 0 Å². The molecule has 0 aromatic carbocycles. The lowest BCUT2D eigenvalue weighted by atomic mass is 10.2. The summed E-state index contributed by atoms with van der Waals surface area (Å²) in [7, 11) is 0. The number of halogens is 2. The molecule has 0 amide bonds. The highest BCUT2D eigenvalue weighted by Crippen LogP contribution is 2.27. The minimum Gasteiger partial charge on any atom is -0.467 e. The molecule has 0 aliphatic heterocycles. The standard InChI is InChI=1S/C15H18FN5O.ClH/c1-8(17)6-11-13(16)12-14(18-7-10-4-3-5-22-10)19-9(2)20-15(12)21-11;/h3-5,8H,6-7,17H2,1-2H3,(H2,18,19,20,21);1H. The zero-order valence-corrected chi connectivity index (χ0v) is 13.7. The topological polar surface area (TPSA) is 92.8 Å². The number of nitrogens with one attached hydrogen (secondary N) is 2. The largest absolute Gasteiger partial charge is 0.467 e. The Morgan fingerprint density at radius 3 is 2.87 bits per heavy atom. The fraction of sp³-hybridized carbons (Fsp3) is 0.333. The van der Waals surface area contributed by atoms with Gasteiger partial charge in [0, 0.05) is 12.5 Å². The summed E-state index contributed by atoms with van der Waals surface area (Å²) in [6.07, 6.45) is 2.01. The molecule has 3 rings (SSSR count). The van der Waals surface area contributed by atoms with Crippen molar-refractivity contribution in [2.24, 2.45) is 5.73 Å². The summed E-state index contributed by atoms with van der Waals surface area (Å²) in [5.74, 6) is 1.40. The molecular weight excluding hydrogens is 321 g/mol. The molecule has 3 aromatic rings. The number of fused-ring (bicyclic) bond motifs is 1.